The first-order chi connectivity index (χ1) is 8.22. The highest BCUT2D eigenvalue weighted by atomic mass is 15.1. The van der Waals surface area contributed by atoms with Gasteiger partial charge in [-0.1, -0.05) is 12.5 Å². The van der Waals surface area contributed by atoms with Crippen LogP contribution in [0, 0.1) is 6.92 Å². The van der Waals surface area contributed by atoms with E-state index in [0.29, 0.717) is 0 Å². The molecule has 0 saturated heterocycles. The van der Waals surface area contributed by atoms with E-state index in [1.807, 2.05) is 0 Å². The maximum Gasteiger partial charge on any atom is 0.109 e. The molecular weight excluding hydrogens is 210 g/mol. The predicted octanol–water partition coefficient (Wildman–Crippen LogP) is 2.55. The van der Waals surface area contributed by atoms with Gasteiger partial charge in [-0.05, 0) is 44.0 Å². The van der Waals surface area contributed by atoms with Crippen molar-refractivity contribution >= 4 is 11.0 Å². The van der Waals surface area contributed by atoms with E-state index in [9.17, 15) is 0 Å². The molecule has 92 valence electrons. The van der Waals surface area contributed by atoms with Crippen LogP contribution in [0.15, 0.2) is 18.2 Å². The molecule has 1 aromatic heterocycles. The second-order valence-electron chi connectivity index (χ2n) is 4.68. The summed E-state index contributed by atoms with van der Waals surface area (Å²) >= 11 is 0. The van der Waals surface area contributed by atoms with Crippen LogP contribution in [0.2, 0.25) is 0 Å². The van der Waals surface area contributed by atoms with Gasteiger partial charge in [-0.25, -0.2) is 4.98 Å². The summed E-state index contributed by atoms with van der Waals surface area (Å²) in [5.74, 6) is 1.18. The molecule has 1 aromatic carbocycles. The SMILES string of the molecule is Cc1ccc2c(c1)nc(CCCCCN)n2C. The van der Waals surface area contributed by atoms with Crippen LogP contribution in [0.4, 0.5) is 0 Å². The fraction of sp³-hybridized carbons (Fsp3) is 0.500. The third-order valence-electron chi connectivity index (χ3n) is 3.23. The van der Waals surface area contributed by atoms with Gasteiger partial charge < -0.3 is 10.3 Å². The lowest BCUT2D eigenvalue weighted by Gasteiger charge is -2.02. The highest BCUT2D eigenvalue weighted by Gasteiger charge is 2.06. The lowest BCUT2D eigenvalue weighted by molar-refractivity contribution is 0.656. The van der Waals surface area contributed by atoms with E-state index in [1.165, 1.54) is 29.7 Å². The molecule has 17 heavy (non-hydrogen) atoms. The van der Waals surface area contributed by atoms with Crippen molar-refractivity contribution in [1.29, 1.82) is 0 Å². The number of aryl methyl sites for hydroxylation is 3. The van der Waals surface area contributed by atoms with Gasteiger partial charge in [-0.15, -0.1) is 0 Å². The normalized spacial score (nSPS) is 11.2. The zero-order chi connectivity index (χ0) is 12.3. The van der Waals surface area contributed by atoms with Gasteiger partial charge in [0.1, 0.15) is 5.82 Å². The Morgan fingerprint density at radius 2 is 2.06 bits per heavy atom. The van der Waals surface area contributed by atoms with Gasteiger partial charge >= 0.3 is 0 Å². The van der Waals surface area contributed by atoms with Crippen LogP contribution >= 0.6 is 0 Å². The predicted molar refractivity (Wildman–Crippen MR) is 72.1 cm³/mol. The summed E-state index contributed by atoms with van der Waals surface area (Å²) < 4.78 is 2.21. The number of hydrogen-bond donors (Lipinski definition) is 1. The molecule has 0 fully saturated rings. The first kappa shape index (κ1) is 12.1. The van der Waals surface area contributed by atoms with Crippen LogP contribution in [0.3, 0.4) is 0 Å². The average Bonchev–Trinajstić information content (AvgIpc) is 2.61. The molecule has 0 aliphatic rings. The Kier molecular flexibility index (Phi) is 3.79. The Morgan fingerprint density at radius 1 is 1.24 bits per heavy atom. The molecule has 1 heterocycles. The summed E-state index contributed by atoms with van der Waals surface area (Å²) in [5.41, 5.74) is 9.10. The van der Waals surface area contributed by atoms with E-state index in [1.54, 1.807) is 0 Å². The summed E-state index contributed by atoms with van der Waals surface area (Å²) in [4.78, 5) is 4.70. The number of unbranched alkanes of at least 4 members (excludes halogenated alkanes) is 2. The summed E-state index contributed by atoms with van der Waals surface area (Å²) in [5, 5.41) is 0. The van der Waals surface area contributed by atoms with E-state index >= 15 is 0 Å². The molecule has 2 N–H and O–H groups in total. The highest BCUT2D eigenvalue weighted by Crippen LogP contribution is 2.17. The van der Waals surface area contributed by atoms with Gasteiger partial charge in [0.15, 0.2) is 0 Å². The van der Waals surface area contributed by atoms with Gasteiger partial charge in [-0.2, -0.15) is 0 Å². The van der Waals surface area contributed by atoms with E-state index in [4.69, 9.17) is 10.7 Å². The van der Waals surface area contributed by atoms with Crippen molar-refractivity contribution in [1.82, 2.24) is 9.55 Å². The Hall–Kier alpha value is -1.35. The summed E-state index contributed by atoms with van der Waals surface area (Å²) in [6.07, 6.45) is 4.53. The lowest BCUT2D eigenvalue weighted by atomic mass is 10.2. The van der Waals surface area contributed by atoms with Crippen molar-refractivity contribution < 1.29 is 0 Å². The first-order valence-corrected chi connectivity index (χ1v) is 6.34. The topological polar surface area (TPSA) is 43.8 Å². The van der Waals surface area contributed by atoms with E-state index < -0.39 is 0 Å². The largest absolute Gasteiger partial charge is 0.331 e. The molecule has 0 spiro atoms. The number of rotatable bonds is 5. The van der Waals surface area contributed by atoms with Crippen LogP contribution < -0.4 is 5.73 Å². The third kappa shape index (κ3) is 2.67. The molecule has 0 radical (unpaired) electrons. The maximum absolute atomic E-state index is 5.49. The lowest BCUT2D eigenvalue weighted by Crippen LogP contribution is -2.01. The van der Waals surface area contributed by atoms with Crippen LogP contribution in [-0.2, 0) is 13.5 Å². The second kappa shape index (κ2) is 5.32. The number of benzene rings is 1. The van der Waals surface area contributed by atoms with Gasteiger partial charge in [0, 0.05) is 13.5 Å². The third-order valence-corrected chi connectivity index (χ3v) is 3.23. The molecule has 0 saturated carbocycles. The van der Waals surface area contributed by atoms with Gasteiger partial charge in [0.05, 0.1) is 11.0 Å². The van der Waals surface area contributed by atoms with Crippen molar-refractivity contribution in [2.45, 2.75) is 32.6 Å². The monoisotopic (exact) mass is 231 g/mol. The van der Waals surface area contributed by atoms with Crippen molar-refractivity contribution in [3.8, 4) is 0 Å². The zero-order valence-electron chi connectivity index (χ0n) is 10.7. The molecule has 0 bridgehead atoms. The number of imidazole rings is 1. The summed E-state index contributed by atoms with van der Waals surface area (Å²) in [6, 6.07) is 6.45. The molecule has 0 atom stereocenters. The standard InChI is InChI=1S/C14H21N3/c1-11-7-8-13-12(10-11)16-14(17(13)2)6-4-3-5-9-15/h7-8,10H,3-6,9,15H2,1-2H3. The molecule has 2 aromatic rings. The fourth-order valence-electron chi connectivity index (χ4n) is 2.19. The number of nitrogens with zero attached hydrogens (tertiary/aromatic N) is 2. The number of nitrogens with two attached hydrogens (primary N) is 1. The molecule has 0 aliphatic carbocycles. The minimum absolute atomic E-state index is 0.793. The maximum atomic E-state index is 5.49. The van der Waals surface area contributed by atoms with Crippen LogP contribution in [0.25, 0.3) is 11.0 Å². The Bertz CT molecular complexity index is 499. The van der Waals surface area contributed by atoms with E-state index in [0.717, 1.165) is 24.9 Å². The molecule has 0 unspecified atom stereocenters. The molecule has 3 nitrogen and oxygen atoms in total. The van der Waals surface area contributed by atoms with Crippen molar-refractivity contribution in [3.63, 3.8) is 0 Å². The molecular formula is C14H21N3. The number of aromatic nitrogens is 2. The minimum atomic E-state index is 0.793. The van der Waals surface area contributed by atoms with E-state index in [2.05, 4.69) is 36.7 Å². The first-order valence-electron chi connectivity index (χ1n) is 6.34. The number of hydrogen-bond acceptors (Lipinski definition) is 2. The van der Waals surface area contributed by atoms with Crippen molar-refractivity contribution in [2.75, 3.05) is 6.54 Å². The summed E-state index contributed by atoms with van der Waals surface area (Å²) in [7, 11) is 2.10. The van der Waals surface area contributed by atoms with Crippen molar-refractivity contribution in [2.24, 2.45) is 12.8 Å². The smallest absolute Gasteiger partial charge is 0.109 e. The van der Waals surface area contributed by atoms with Crippen LogP contribution in [-0.4, -0.2) is 16.1 Å². The second-order valence-corrected chi connectivity index (χ2v) is 4.68. The zero-order valence-corrected chi connectivity index (χ0v) is 10.7. The Morgan fingerprint density at radius 3 is 2.82 bits per heavy atom. The van der Waals surface area contributed by atoms with E-state index in [-0.39, 0.29) is 0 Å². The fourth-order valence-corrected chi connectivity index (χ4v) is 2.19. The molecule has 0 amide bonds. The Labute approximate surface area is 103 Å². The molecule has 3 heteroatoms. The van der Waals surface area contributed by atoms with Gasteiger partial charge in [0.25, 0.3) is 0 Å². The minimum Gasteiger partial charge on any atom is -0.331 e. The van der Waals surface area contributed by atoms with Gasteiger partial charge in [0.2, 0.25) is 0 Å². The van der Waals surface area contributed by atoms with Crippen LogP contribution in [0.1, 0.15) is 30.7 Å². The Balaban J connectivity index is 2.15. The van der Waals surface area contributed by atoms with Crippen molar-refractivity contribution in [3.05, 3.63) is 29.6 Å². The quantitative estimate of drug-likeness (QED) is 0.804. The molecule has 2 rings (SSSR count). The highest BCUT2D eigenvalue weighted by molar-refractivity contribution is 5.76. The average molecular weight is 231 g/mol. The number of fused-ring (bicyclic) bond motifs is 1. The molecule has 0 aliphatic heterocycles. The van der Waals surface area contributed by atoms with Crippen LogP contribution in [0.5, 0.6) is 0 Å². The summed E-state index contributed by atoms with van der Waals surface area (Å²) in [6.45, 7) is 2.90. The van der Waals surface area contributed by atoms with Gasteiger partial charge in [-0.3, -0.25) is 0 Å².